The van der Waals surface area contributed by atoms with E-state index in [0.29, 0.717) is 17.2 Å². The van der Waals surface area contributed by atoms with E-state index in [4.69, 9.17) is 9.47 Å². The van der Waals surface area contributed by atoms with Gasteiger partial charge in [-0.15, -0.1) is 0 Å². The molecule has 0 fully saturated rings. The first-order chi connectivity index (χ1) is 16.0. The maximum atomic E-state index is 13.4. The van der Waals surface area contributed by atoms with Crippen LogP contribution in [0.2, 0.25) is 0 Å². The van der Waals surface area contributed by atoms with Gasteiger partial charge in [0.15, 0.2) is 0 Å². The third kappa shape index (κ3) is 7.38. The van der Waals surface area contributed by atoms with Crippen LogP contribution in [0.5, 0.6) is 11.5 Å². The predicted octanol–water partition coefficient (Wildman–Crippen LogP) is 2.41. The zero-order valence-electron chi connectivity index (χ0n) is 20.4. The molecule has 0 saturated carbocycles. The van der Waals surface area contributed by atoms with Crippen LogP contribution in [0, 0.1) is 0 Å². The molecule has 1 atom stereocenters. The summed E-state index contributed by atoms with van der Waals surface area (Å²) in [6, 6.07) is 12.5. The highest BCUT2D eigenvalue weighted by Gasteiger charge is 2.30. The third-order valence-corrected chi connectivity index (χ3v) is 6.29. The van der Waals surface area contributed by atoms with Crippen LogP contribution in [0.25, 0.3) is 0 Å². The van der Waals surface area contributed by atoms with Gasteiger partial charge in [-0.1, -0.05) is 12.1 Å². The highest BCUT2D eigenvalue weighted by molar-refractivity contribution is 7.92. The Morgan fingerprint density at radius 3 is 1.85 bits per heavy atom. The predicted molar refractivity (Wildman–Crippen MR) is 131 cm³/mol. The molecule has 1 unspecified atom stereocenters. The van der Waals surface area contributed by atoms with E-state index >= 15 is 0 Å². The van der Waals surface area contributed by atoms with Crippen LogP contribution < -0.4 is 19.1 Å². The number of methoxy groups -OCH3 is 2. The largest absolute Gasteiger partial charge is 0.497 e. The van der Waals surface area contributed by atoms with Gasteiger partial charge in [0.25, 0.3) is 0 Å². The van der Waals surface area contributed by atoms with Gasteiger partial charge in [0, 0.05) is 12.6 Å². The summed E-state index contributed by atoms with van der Waals surface area (Å²) in [6.45, 7) is 4.94. The quantitative estimate of drug-likeness (QED) is 0.518. The van der Waals surface area contributed by atoms with Gasteiger partial charge < -0.3 is 19.7 Å². The average Bonchev–Trinajstić information content (AvgIpc) is 2.79. The van der Waals surface area contributed by atoms with Gasteiger partial charge in [-0.05, 0) is 62.7 Å². The van der Waals surface area contributed by atoms with Crippen molar-refractivity contribution >= 4 is 27.5 Å². The molecule has 1 N–H and O–H groups in total. The van der Waals surface area contributed by atoms with Gasteiger partial charge >= 0.3 is 0 Å². The molecule has 2 aromatic carbocycles. The van der Waals surface area contributed by atoms with Crippen LogP contribution in [-0.4, -0.2) is 64.2 Å². The molecule has 0 aliphatic rings. The van der Waals surface area contributed by atoms with Crippen molar-refractivity contribution < 1.29 is 27.5 Å². The Morgan fingerprint density at radius 2 is 1.41 bits per heavy atom. The molecule has 0 saturated heterocycles. The van der Waals surface area contributed by atoms with Gasteiger partial charge in [0.2, 0.25) is 21.8 Å². The number of anilines is 1. The summed E-state index contributed by atoms with van der Waals surface area (Å²) in [4.78, 5) is 27.6. The van der Waals surface area contributed by atoms with Crippen LogP contribution in [0.4, 0.5) is 5.69 Å². The van der Waals surface area contributed by atoms with Gasteiger partial charge in [0.1, 0.15) is 24.1 Å². The Labute approximate surface area is 201 Å². The van der Waals surface area contributed by atoms with E-state index in [1.54, 1.807) is 62.6 Å². The van der Waals surface area contributed by atoms with Crippen molar-refractivity contribution in [3.05, 3.63) is 54.1 Å². The second kappa shape index (κ2) is 11.7. The Morgan fingerprint density at radius 1 is 0.912 bits per heavy atom. The number of nitrogens with one attached hydrogen (secondary N) is 1. The van der Waals surface area contributed by atoms with E-state index in [1.807, 2.05) is 13.8 Å². The Bertz CT molecular complexity index is 1070. The number of carbonyl (C=O) groups excluding carboxylic acids is 2. The first-order valence-corrected chi connectivity index (χ1v) is 12.7. The van der Waals surface area contributed by atoms with Crippen molar-refractivity contribution in [2.75, 3.05) is 31.3 Å². The van der Waals surface area contributed by atoms with Crippen molar-refractivity contribution in [2.45, 2.75) is 39.4 Å². The summed E-state index contributed by atoms with van der Waals surface area (Å²) in [7, 11) is -0.720. The minimum absolute atomic E-state index is 0.111. The van der Waals surface area contributed by atoms with Crippen LogP contribution >= 0.6 is 0 Å². The number of carbonyl (C=O) groups is 2. The molecule has 0 radical (unpaired) electrons. The monoisotopic (exact) mass is 491 g/mol. The van der Waals surface area contributed by atoms with Crippen LogP contribution in [-0.2, 0) is 26.2 Å². The molecule has 2 amide bonds. The molecular weight excluding hydrogens is 458 g/mol. The van der Waals surface area contributed by atoms with Crippen molar-refractivity contribution in [3.63, 3.8) is 0 Å². The zero-order valence-corrected chi connectivity index (χ0v) is 21.3. The normalized spacial score (nSPS) is 12.1. The molecule has 2 rings (SSSR count). The number of hydrogen-bond acceptors (Lipinski definition) is 6. The number of rotatable bonds is 11. The van der Waals surface area contributed by atoms with E-state index in [0.717, 1.165) is 16.1 Å². The molecule has 186 valence electrons. The number of benzene rings is 2. The van der Waals surface area contributed by atoms with Crippen molar-refractivity contribution in [1.29, 1.82) is 0 Å². The van der Waals surface area contributed by atoms with Gasteiger partial charge in [-0.25, -0.2) is 8.42 Å². The maximum absolute atomic E-state index is 13.4. The first-order valence-electron chi connectivity index (χ1n) is 10.8. The maximum Gasteiger partial charge on any atom is 0.244 e. The summed E-state index contributed by atoms with van der Waals surface area (Å²) in [5.41, 5.74) is 1.09. The highest BCUT2D eigenvalue weighted by atomic mass is 32.2. The van der Waals surface area contributed by atoms with E-state index in [-0.39, 0.29) is 18.5 Å². The number of sulfonamides is 1. The lowest BCUT2D eigenvalue weighted by Gasteiger charge is -2.32. The number of amides is 2. The van der Waals surface area contributed by atoms with E-state index in [9.17, 15) is 18.0 Å². The summed E-state index contributed by atoms with van der Waals surface area (Å²) in [6.07, 6.45) is 1.03. The fourth-order valence-electron chi connectivity index (χ4n) is 3.28. The van der Waals surface area contributed by atoms with Crippen molar-refractivity contribution in [1.82, 2.24) is 10.2 Å². The average molecular weight is 492 g/mol. The standard InChI is InChI=1S/C24H33N3O6S/c1-17(2)25-24(29)18(3)26(15-19-7-11-21(32-4)12-8-19)23(28)16-27(34(6,30)31)20-9-13-22(33-5)14-10-20/h7-14,17-18H,15-16H2,1-6H3,(H,25,29). The zero-order chi connectivity index (χ0) is 25.5. The van der Waals surface area contributed by atoms with E-state index in [2.05, 4.69) is 5.32 Å². The van der Waals surface area contributed by atoms with Crippen LogP contribution in [0.15, 0.2) is 48.5 Å². The molecule has 0 heterocycles. The smallest absolute Gasteiger partial charge is 0.244 e. The SMILES string of the molecule is COc1ccc(CN(C(=O)CN(c2ccc(OC)cc2)S(C)(=O)=O)C(C)C(=O)NC(C)C)cc1. The Balaban J connectivity index is 2.37. The van der Waals surface area contributed by atoms with Gasteiger partial charge in [0.05, 0.1) is 26.2 Å². The Hall–Kier alpha value is -3.27. The lowest BCUT2D eigenvalue weighted by atomic mass is 10.1. The van der Waals surface area contributed by atoms with Crippen LogP contribution in [0.3, 0.4) is 0 Å². The molecule has 0 aromatic heterocycles. The number of hydrogen-bond donors (Lipinski definition) is 1. The minimum atomic E-state index is -3.78. The molecule has 34 heavy (non-hydrogen) atoms. The molecule has 0 spiro atoms. The molecular formula is C24H33N3O6S. The van der Waals surface area contributed by atoms with Gasteiger partial charge in [-0.2, -0.15) is 0 Å². The summed E-state index contributed by atoms with van der Waals surface area (Å²) < 4.78 is 36.4. The van der Waals surface area contributed by atoms with E-state index in [1.165, 1.54) is 12.0 Å². The fraction of sp³-hybridized carbons (Fsp3) is 0.417. The van der Waals surface area contributed by atoms with Crippen LogP contribution in [0.1, 0.15) is 26.3 Å². The fourth-order valence-corrected chi connectivity index (χ4v) is 4.13. The minimum Gasteiger partial charge on any atom is -0.497 e. The molecule has 0 bridgehead atoms. The first kappa shape index (κ1) is 27.0. The molecule has 9 nitrogen and oxygen atoms in total. The van der Waals surface area contributed by atoms with E-state index < -0.39 is 28.5 Å². The number of nitrogens with zero attached hydrogens (tertiary/aromatic N) is 2. The molecule has 0 aliphatic heterocycles. The second-order valence-electron chi connectivity index (χ2n) is 8.18. The highest BCUT2D eigenvalue weighted by Crippen LogP contribution is 2.22. The Kier molecular flexibility index (Phi) is 9.31. The van der Waals surface area contributed by atoms with Gasteiger partial charge in [-0.3, -0.25) is 13.9 Å². The third-order valence-electron chi connectivity index (χ3n) is 5.15. The van der Waals surface area contributed by atoms with Crippen molar-refractivity contribution in [3.8, 4) is 11.5 Å². The summed E-state index contributed by atoms with van der Waals surface area (Å²) >= 11 is 0. The summed E-state index contributed by atoms with van der Waals surface area (Å²) in [5.74, 6) is 0.384. The van der Waals surface area contributed by atoms with Crippen molar-refractivity contribution in [2.24, 2.45) is 0 Å². The lowest BCUT2D eigenvalue weighted by molar-refractivity contribution is -0.139. The topological polar surface area (TPSA) is 105 Å². The summed E-state index contributed by atoms with van der Waals surface area (Å²) in [5, 5.41) is 2.81. The lowest BCUT2D eigenvalue weighted by Crippen LogP contribution is -2.52. The molecule has 0 aliphatic carbocycles. The molecule has 2 aromatic rings. The molecule has 10 heteroatoms. The number of ether oxygens (including phenoxy) is 2. The second-order valence-corrected chi connectivity index (χ2v) is 10.1.